The molecule has 2 rings (SSSR count). The van der Waals surface area contributed by atoms with Crippen molar-refractivity contribution in [3.8, 4) is 0 Å². The number of fused-ring (bicyclic) bond motifs is 1. The Morgan fingerprint density at radius 2 is 1.78 bits per heavy atom. The van der Waals surface area contributed by atoms with E-state index in [9.17, 15) is 13.2 Å². The largest absolute Gasteiger partial charge is 0.408 e. The Balaban J connectivity index is 2.68. The van der Waals surface area contributed by atoms with Crippen LogP contribution in [0, 0.1) is 6.92 Å². The third-order valence-corrected chi connectivity index (χ3v) is 3.04. The second-order valence-corrected chi connectivity index (χ2v) is 4.62. The molecule has 0 spiro atoms. The van der Waals surface area contributed by atoms with Gasteiger partial charge in [-0.05, 0) is 27.1 Å². The zero-order chi connectivity index (χ0) is 13.5. The maximum Gasteiger partial charge on any atom is 0.408 e. The Morgan fingerprint density at radius 1 is 1.17 bits per heavy atom. The Morgan fingerprint density at radius 3 is 2.33 bits per heavy atom. The van der Waals surface area contributed by atoms with Crippen LogP contribution in [0.3, 0.4) is 0 Å². The van der Waals surface area contributed by atoms with Gasteiger partial charge in [-0.15, -0.1) is 0 Å². The lowest BCUT2D eigenvalue weighted by Crippen LogP contribution is -2.33. The SMILES string of the molecule is Cc1[nH]c2ccccc2c1C(N(C)C)C(F)(F)F. The minimum atomic E-state index is -4.29. The van der Waals surface area contributed by atoms with E-state index in [2.05, 4.69) is 4.98 Å². The molecular weight excluding hydrogens is 241 g/mol. The summed E-state index contributed by atoms with van der Waals surface area (Å²) in [5, 5.41) is 0.631. The number of aryl methyl sites for hydroxylation is 1. The van der Waals surface area contributed by atoms with Gasteiger partial charge in [-0.2, -0.15) is 13.2 Å². The van der Waals surface area contributed by atoms with Gasteiger partial charge in [-0.1, -0.05) is 18.2 Å². The minimum Gasteiger partial charge on any atom is -0.358 e. The van der Waals surface area contributed by atoms with E-state index in [4.69, 9.17) is 0 Å². The van der Waals surface area contributed by atoms with E-state index in [1.54, 1.807) is 31.2 Å². The van der Waals surface area contributed by atoms with Gasteiger partial charge in [0.2, 0.25) is 0 Å². The number of hydrogen-bond donors (Lipinski definition) is 1. The molecule has 0 saturated heterocycles. The van der Waals surface area contributed by atoms with E-state index in [0.717, 1.165) is 5.52 Å². The topological polar surface area (TPSA) is 19.0 Å². The first kappa shape index (κ1) is 13.0. The van der Waals surface area contributed by atoms with Gasteiger partial charge in [0.1, 0.15) is 6.04 Å². The molecule has 1 aromatic carbocycles. The summed E-state index contributed by atoms with van der Waals surface area (Å²) in [4.78, 5) is 4.20. The number of aromatic nitrogens is 1. The molecule has 1 unspecified atom stereocenters. The van der Waals surface area contributed by atoms with E-state index >= 15 is 0 Å². The molecule has 98 valence electrons. The van der Waals surface area contributed by atoms with Crippen molar-refractivity contribution in [3.05, 3.63) is 35.5 Å². The van der Waals surface area contributed by atoms with Gasteiger partial charge in [0.25, 0.3) is 0 Å². The fourth-order valence-electron chi connectivity index (χ4n) is 2.37. The van der Waals surface area contributed by atoms with E-state index in [1.807, 2.05) is 0 Å². The summed E-state index contributed by atoms with van der Waals surface area (Å²) >= 11 is 0. The highest BCUT2D eigenvalue weighted by molar-refractivity contribution is 5.85. The third-order valence-electron chi connectivity index (χ3n) is 3.04. The molecule has 0 radical (unpaired) electrons. The molecule has 0 aliphatic carbocycles. The van der Waals surface area contributed by atoms with Gasteiger partial charge in [-0.3, -0.25) is 4.90 Å². The van der Waals surface area contributed by atoms with E-state index in [0.29, 0.717) is 16.6 Å². The lowest BCUT2D eigenvalue weighted by Gasteiger charge is -2.27. The van der Waals surface area contributed by atoms with E-state index in [1.165, 1.54) is 19.0 Å². The third kappa shape index (κ3) is 2.10. The number of hydrogen-bond acceptors (Lipinski definition) is 1. The van der Waals surface area contributed by atoms with Crippen molar-refractivity contribution in [1.29, 1.82) is 0 Å². The quantitative estimate of drug-likeness (QED) is 0.869. The van der Waals surface area contributed by atoms with Gasteiger partial charge < -0.3 is 4.98 Å². The standard InChI is InChI=1S/C13H15F3N2/c1-8-11(12(18(2)3)13(14,15)16)9-6-4-5-7-10(9)17-8/h4-7,12,17H,1-3H3. The molecule has 1 N–H and O–H groups in total. The highest BCUT2D eigenvalue weighted by Gasteiger charge is 2.44. The number of benzene rings is 1. The molecule has 1 atom stereocenters. The molecule has 1 aromatic heterocycles. The van der Waals surface area contributed by atoms with Crippen molar-refractivity contribution in [2.75, 3.05) is 14.1 Å². The first-order valence-electron chi connectivity index (χ1n) is 5.62. The Kier molecular flexibility index (Phi) is 3.11. The van der Waals surface area contributed by atoms with Gasteiger partial charge in [-0.25, -0.2) is 0 Å². The zero-order valence-electron chi connectivity index (χ0n) is 10.5. The van der Waals surface area contributed by atoms with E-state index in [-0.39, 0.29) is 0 Å². The second-order valence-electron chi connectivity index (χ2n) is 4.62. The first-order chi connectivity index (χ1) is 8.32. The molecule has 0 fully saturated rings. The molecular formula is C13H15F3N2. The fourth-order valence-corrected chi connectivity index (χ4v) is 2.37. The lowest BCUT2D eigenvalue weighted by molar-refractivity contribution is -0.179. The molecule has 0 saturated carbocycles. The number of rotatable bonds is 2. The number of nitrogens with zero attached hydrogens (tertiary/aromatic N) is 1. The monoisotopic (exact) mass is 256 g/mol. The Hall–Kier alpha value is -1.49. The molecule has 2 aromatic rings. The summed E-state index contributed by atoms with van der Waals surface area (Å²) < 4.78 is 39.6. The molecule has 0 bridgehead atoms. The van der Waals surface area contributed by atoms with Crippen LogP contribution in [0.5, 0.6) is 0 Å². The summed E-state index contributed by atoms with van der Waals surface area (Å²) in [6.45, 7) is 1.68. The van der Waals surface area contributed by atoms with Crippen LogP contribution in [0.25, 0.3) is 10.9 Å². The molecule has 2 nitrogen and oxygen atoms in total. The zero-order valence-corrected chi connectivity index (χ0v) is 10.5. The summed E-state index contributed by atoms with van der Waals surface area (Å²) in [7, 11) is 2.89. The van der Waals surface area contributed by atoms with Crippen LogP contribution in [0.1, 0.15) is 17.3 Å². The summed E-state index contributed by atoms with van der Waals surface area (Å²) in [6, 6.07) is 5.47. The maximum absolute atomic E-state index is 13.2. The van der Waals surface area contributed by atoms with Gasteiger partial charge >= 0.3 is 6.18 Å². The molecule has 0 amide bonds. The van der Waals surface area contributed by atoms with Gasteiger partial charge in [0.05, 0.1) is 0 Å². The van der Waals surface area contributed by atoms with Crippen molar-refractivity contribution in [3.63, 3.8) is 0 Å². The van der Waals surface area contributed by atoms with Crippen LogP contribution in [-0.2, 0) is 0 Å². The predicted octanol–water partition coefficient (Wildman–Crippen LogP) is 3.64. The van der Waals surface area contributed by atoms with Crippen molar-refractivity contribution in [1.82, 2.24) is 9.88 Å². The van der Waals surface area contributed by atoms with Crippen LogP contribution >= 0.6 is 0 Å². The second kappa shape index (κ2) is 4.31. The van der Waals surface area contributed by atoms with Crippen LogP contribution < -0.4 is 0 Å². The van der Waals surface area contributed by atoms with Gasteiger partial charge in [0, 0.05) is 22.2 Å². The van der Waals surface area contributed by atoms with Crippen LogP contribution in [-0.4, -0.2) is 30.2 Å². The van der Waals surface area contributed by atoms with Crippen LogP contribution in [0.2, 0.25) is 0 Å². The summed E-state index contributed by atoms with van der Waals surface area (Å²) in [5.41, 5.74) is 1.61. The summed E-state index contributed by atoms with van der Waals surface area (Å²) in [6.07, 6.45) is -4.29. The lowest BCUT2D eigenvalue weighted by atomic mass is 10.0. The van der Waals surface area contributed by atoms with Crippen molar-refractivity contribution >= 4 is 10.9 Å². The maximum atomic E-state index is 13.2. The number of aromatic amines is 1. The van der Waals surface area contributed by atoms with Crippen LogP contribution in [0.15, 0.2) is 24.3 Å². The Bertz CT molecular complexity index is 555. The van der Waals surface area contributed by atoms with E-state index < -0.39 is 12.2 Å². The van der Waals surface area contributed by atoms with Gasteiger partial charge in [0.15, 0.2) is 0 Å². The van der Waals surface area contributed by atoms with Crippen LogP contribution in [0.4, 0.5) is 13.2 Å². The average molecular weight is 256 g/mol. The normalized spacial score (nSPS) is 14.4. The number of nitrogens with one attached hydrogen (secondary N) is 1. The number of H-pyrrole nitrogens is 1. The molecule has 0 aliphatic heterocycles. The molecule has 5 heteroatoms. The highest BCUT2D eigenvalue weighted by atomic mass is 19.4. The number of para-hydroxylation sites is 1. The number of halogens is 3. The number of alkyl halides is 3. The summed E-state index contributed by atoms with van der Waals surface area (Å²) in [5.74, 6) is 0. The molecule has 1 heterocycles. The molecule has 18 heavy (non-hydrogen) atoms. The van der Waals surface area contributed by atoms with Crippen molar-refractivity contribution in [2.24, 2.45) is 0 Å². The fraction of sp³-hybridized carbons (Fsp3) is 0.385. The average Bonchev–Trinajstić information content (AvgIpc) is 2.54. The minimum absolute atomic E-state index is 0.308. The smallest absolute Gasteiger partial charge is 0.358 e. The Labute approximate surface area is 103 Å². The van der Waals surface area contributed by atoms with Crippen molar-refractivity contribution in [2.45, 2.75) is 19.1 Å². The predicted molar refractivity (Wildman–Crippen MR) is 65.5 cm³/mol. The first-order valence-corrected chi connectivity index (χ1v) is 5.62. The molecule has 0 aliphatic rings. The van der Waals surface area contributed by atoms with Crippen molar-refractivity contribution < 1.29 is 13.2 Å². The highest BCUT2D eigenvalue weighted by Crippen LogP contribution is 2.40.